The van der Waals surface area contributed by atoms with Crippen LogP contribution in [0.15, 0.2) is 42.7 Å². The Morgan fingerprint density at radius 1 is 1.38 bits per heavy atom. The molecule has 1 heterocycles. The number of benzene rings is 1. The second-order valence-electron chi connectivity index (χ2n) is 3.36. The molecule has 0 aliphatic rings. The van der Waals surface area contributed by atoms with Crippen LogP contribution >= 0.6 is 0 Å². The van der Waals surface area contributed by atoms with Crippen molar-refractivity contribution in [2.75, 3.05) is 5.32 Å². The van der Waals surface area contributed by atoms with Crippen molar-refractivity contribution < 1.29 is 4.79 Å². The van der Waals surface area contributed by atoms with E-state index in [9.17, 15) is 4.79 Å². The van der Waals surface area contributed by atoms with Gasteiger partial charge in [0.1, 0.15) is 6.04 Å². The molecular formula is C11H12N4O. The summed E-state index contributed by atoms with van der Waals surface area (Å²) in [6.07, 6.45) is 3.12. The molecule has 1 atom stereocenters. The first-order chi connectivity index (χ1) is 7.77. The first-order valence-electron chi connectivity index (χ1n) is 4.87. The Morgan fingerprint density at radius 3 is 2.75 bits per heavy atom. The topological polar surface area (TPSA) is 83.8 Å². The van der Waals surface area contributed by atoms with E-state index in [1.54, 1.807) is 6.20 Å². The smallest absolute Gasteiger partial charge is 0.245 e. The number of rotatable bonds is 3. The number of nitrogens with zero attached hydrogens (tertiary/aromatic N) is 1. The fourth-order valence-electron chi connectivity index (χ4n) is 1.35. The number of carbonyl (C=O) groups excluding carboxylic acids is 1. The van der Waals surface area contributed by atoms with Crippen molar-refractivity contribution in [1.29, 1.82) is 0 Å². The molecule has 0 fully saturated rings. The van der Waals surface area contributed by atoms with Crippen LogP contribution in [-0.4, -0.2) is 16.1 Å². The van der Waals surface area contributed by atoms with E-state index in [0.717, 1.165) is 5.56 Å². The average Bonchev–Trinajstić information content (AvgIpc) is 2.82. The van der Waals surface area contributed by atoms with Crippen molar-refractivity contribution >= 4 is 11.6 Å². The zero-order chi connectivity index (χ0) is 11.4. The number of amides is 1. The summed E-state index contributed by atoms with van der Waals surface area (Å²) in [5.41, 5.74) is 7.20. The van der Waals surface area contributed by atoms with E-state index in [1.165, 1.54) is 6.20 Å². The summed E-state index contributed by atoms with van der Waals surface area (Å²) in [5, 5.41) is 9.00. The van der Waals surface area contributed by atoms with E-state index < -0.39 is 6.04 Å². The summed E-state index contributed by atoms with van der Waals surface area (Å²) < 4.78 is 0. The van der Waals surface area contributed by atoms with Gasteiger partial charge in [-0.1, -0.05) is 30.3 Å². The summed E-state index contributed by atoms with van der Waals surface area (Å²) in [4.78, 5) is 11.7. The van der Waals surface area contributed by atoms with Crippen LogP contribution in [0.4, 0.5) is 5.69 Å². The van der Waals surface area contributed by atoms with E-state index in [-0.39, 0.29) is 5.91 Å². The molecule has 1 aromatic carbocycles. The van der Waals surface area contributed by atoms with Gasteiger partial charge in [0.15, 0.2) is 0 Å². The molecule has 0 aliphatic carbocycles. The summed E-state index contributed by atoms with van der Waals surface area (Å²) in [5.74, 6) is -0.257. The molecule has 0 radical (unpaired) electrons. The quantitative estimate of drug-likeness (QED) is 0.717. The lowest BCUT2D eigenvalue weighted by molar-refractivity contribution is -0.117. The number of hydrogen-bond acceptors (Lipinski definition) is 3. The van der Waals surface area contributed by atoms with E-state index in [4.69, 9.17) is 5.73 Å². The minimum Gasteiger partial charge on any atom is -0.322 e. The third kappa shape index (κ3) is 2.26. The lowest BCUT2D eigenvalue weighted by Gasteiger charge is -2.10. The van der Waals surface area contributed by atoms with Crippen molar-refractivity contribution in [3.05, 3.63) is 48.3 Å². The molecule has 2 aromatic rings. The van der Waals surface area contributed by atoms with Crippen molar-refractivity contribution in [3.8, 4) is 0 Å². The van der Waals surface area contributed by atoms with Crippen LogP contribution in [0.2, 0.25) is 0 Å². The first kappa shape index (κ1) is 10.4. The Balaban J connectivity index is 2.05. The van der Waals surface area contributed by atoms with E-state index >= 15 is 0 Å². The van der Waals surface area contributed by atoms with Crippen LogP contribution in [0.3, 0.4) is 0 Å². The summed E-state index contributed by atoms with van der Waals surface area (Å²) in [7, 11) is 0. The van der Waals surface area contributed by atoms with Gasteiger partial charge < -0.3 is 11.1 Å². The Kier molecular flexibility index (Phi) is 2.98. The van der Waals surface area contributed by atoms with Crippen LogP contribution in [0.5, 0.6) is 0 Å². The van der Waals surface area contributed by atoms with Gasteiger partial charge >= 0.3 is 0 Å². The molecule has 5 heteroatoms. The van der Waals surface area contributed by atoms with E-state index in [2.05, 4.69) is 15.5 Å². The van der Waals surface area contributed by atoms with Crippen LogP contribution in [-0.2, 0) is 4.79 Å². The van der Waals surface area contributed by atoms with Crippen LogP contribution in [0.25, 0.3) is 0 Å². The molecule has 2 rings (SSSR count). The maximum Gasteiger partial charge on any atom is 0.245 e. The predicted molar refractivity (Wildman–Crippen MR) is 60.6 cm³/mol. The minimum atomic E-state index is -0.670. The Bertz CT molecular complexity index is 452. The van der Waals surface area contributed by atoms with Gasteiger partial charge in [0, 0.05) is 6.20 Å². The first-order valence-corrected chi connectivity index (χ1v) is 4.87. The van der Waals surface area contributed by atoms with Gasteiger partial charge in [0.2, 0.25) is 5.91 Å². The molecule has 16 heavy (non-hydrogen) atoms. The molecule has 4 N–H and O–H groups in total. The zero-order valence-corrected chi connectivity index (χ0v) is 8.55. The zero-order valence-electron chi connectivity index (χ0n) is 8.55. The molecule has 1 amide bonds. The largest absolute Gasteiger partial charge is 0.322 e. The molecule has 0 spiro atoms. The Labute approximate surface area is 92.7 Å². The Hall–Kier alpha value is -2.14. The number of aromatic nitrogens is 2. The standard InChI is InChI=1S/C11H12N4O/c12-10(8-4-2-1-3-5-8)11(16)15-9-6-13-14-7-9/h1-7,10H,12H2,(H,13,14)(H,15,16). The molecule has 0 saturated heterocycles. The number of aromatic amines is 1. The van der Waals surface area contributed by atoms with Gasteiger partial charge in [-0.05, 0) is 5.56 Å². The highest BCUT2D eigenvalue weighted by molar-refractivity contribution is 5.95. The summed E-state index contributed by atoms with van der Waals surface area (Å²) >= 11 is 0. The van der Waals surface area contributed by atoms with Crippen molar-refractivity contribution in [1.82, 2.24) is 10.2 Å². The number of nitrogens with one attached hydrogen (secondary N) is 2. The lowest BCUT2D eigenvalue weighted by Crippen LogP contribution is -2.27. The second-order valence-corrected chi connectivity index (χ2v) is 3.36. The van der Waals surface area contributed by atoms with Crippen molar-refractivity contribution in [3.63, 3.8) is 0 Å². The van der Waals surface area contributed by atoms with Crippen LogP contribution < -0.4 is 11.1 Å². The molecule has 82 valence electrons. The molecule has 1 unspecified atom stereocenters. The number of anilines is 1. The molecule has 0 bridgehead atoms. The van der Waals surface area contributed by atoms with Gasteiger partial charge in [-0.2, -0.15) is 5.10 Å². The molecular weight excluding hydrogens is 204 g/mol. The molecule has 1 aromatic heterocycles. The highest BCUT2D eigenvalue weighted by Crippen LogP contribution is 2.12. The number of nitrogens with two attached hydrogens (primary N) is 1. The SMILES string of the molecule is NC(C(=O)Nc1cn[nH]c1)c1ccccc1. The van der Waals surface area contributed by atoms with Crippen molar-refractivity contribution in [2.45, 2.75) is 6.04 Å². The second kappa shape index (κ2) is 4.59. The van der Waals surface area contributed by atoms with Gasteiger partial charge in [-0.15, -0.1) is 0 Å². The normalized spacial score (nSPS) is 12.1. The van der Waals surface area contributed by atoms with Gasteiger partial charge in [0.05, 0.1) is 11.9 Å². The monoisotopic (exact) mass is 216 g/mol. The summed E-state index contributed by atoms with van der Waals surface area (Å²) in [6, 6.07) is 8.54. The number of H-pyrrole nitrogens is 1. The fraction of sp³-hybridized carbons (Fsp3) is 0.0909. The van der Waals surface area contributed by atoms with Crippen LogP contribution in [0, 0.1) is 0 Å². The predicted octanol–water partition coefficient (Wildman–Crippen LogP) is 1.05. The molecule has 0 aliphatic heterocycles. The van der Waals surface area contributed by atoms with Gasteiger partial charge in [-0.25, -0.2) is 0 Å². The fourth-order valence-corrected chi connectivity index (χ4v) is 1.35. The van der Waals surface area contributed by atoms with E-state index in [1.807, 2.05) is 30.3 Å². The highest BCUT2D eigenvalue weighted by atomic mass is 16.2. The molecule has 5 nitrogen and oxygen atoms in total. The van der Waals surface area contributed by atoms with Gasteiger partial charge in [0.25, 0.3) is 0 Å². The lowest BCUT2D eigenvalue weighted by atomic mass is 10.1. The Morgan fingerprint density at radius 2 is 2.12 bits per heavy atom. The maximum absolute atomic E-state index is 11.7. The highest BCUT2D eigenvalue weighted by Gasteiger charge is 2.15. The van der Waals surface area contributed by atoms with Crippen LogP contribution in [0.1, 0.15) is 11.6 Å². The number of hydrogen-bond donors (Lipinski definition) is 3. The minimum absolute atomic E-state index is 0.257. The molecule has 0 saturated carbocycles. The number of carbonyl (C=O) groups is 1. The van der Waals surface area contributed by atoms with Gasteiger partial charge in [-0.3, -0.25) is 9.89 Å². The van der Waals surface area contributed by atoms with Crippen molar-refractivity contribution in [2.24, 2.45) is 5.73 Å². The average molecular weight is 216 g/mol. The third-order valence-electron chi connectivity index (χ3n) is 2.21. The maximum atomic E-state index is 11.7. The summed E-state index contributed by atoms with van der Waals surface area (Å²) in [6.45, 7) is 0. The third-order valence-corrected chi connectivity index (χ3v) is 2.21. The van der Waals surface area contributed by atoms with E-state index in [0.29, 0.717) is 5.69 Å².